The molecule has 5 nitrogen and oxygen atoms in total. The predicted molar refractivity (Wildman–Crippen MR) is 91.7 cm³/mol. The predicted octanol–water partition coefficient (Wildman–Crippen LogP) is 2.50. The van der Waals surface area contributed by atoms with E-state index in [-0.39, 0.29) is 11.5 Å². The van der Waals surface area contributed by atoms with Crippen molar-refractivity contribution in [1.29, 1.82) is 0 Å². The topological polar surface area (TPSA) is 87.7 Å². The van der Waals surface area contributed by atoms with Crippen LogP contribution < -0.4 is 11.1 Å². The van der Waals surface area contributed by atoms with Crippen molar-refractivity contribution in [3.63, 3.8) is 0 Å². The zero-order valence-corrected chi connectivity index (χ0v) is 14.8. The molecule has 4 N–H and O–H groups in total. The van der Waals surface area contributed by atoms with Crippen molar-refractivity contribution in [2.45, 2.75) is 60.0 Å². The van der Waals surface area contributed by atoms with Gasteiger partial charge >= 0.3 is 5.97 Å². The maximum Gasteiger partial charge on any atom is 0.331 e. The average Bonchev–Trinajstić information content (AvgIpc) is 2.64. The summed E-state index contributed by atoms with van der Waals surface area (Å²) in [6, 6.07) is 0.333. The summed E-state index contributed by atoms with van der Waals surface area (Å²) in [5.41, 5.74) is 5.58. The van der Waals surface area contributed by atoms with Crippen LogP contribution in [0, 0.1) is 5.92 Å². The minimum atomic E-state index is -0.934. The van der Waals surface area contributed by atoms with Crippen LogP contribution >= 0.6 is 12.2 Å². The maximum atomic E-state index is 10.9. The molecule has 1 heterocycles. The number of amidine groups is 1. The summed E-state index contributed by atoms with van der Waals surface area (Å²) in [7, 11) is 0. The molecule has 0 aliphatic carbocycles. The first-order valence-electron chi connectivity index (χ1n) is 7.01. The second-order valence-corrected chi connectivity index (χ2v) is 6.42. The number of carboxylic acid groups (broad SMARTS) is 1. The molecule has 0 saturated carbocycles. The molecule has 0 radical (unpaired) electrons. The van der Waals surface area contributed by atoms with Crippen LogP contribution in [0.3, 0.4) is 0 Å². The third-order valence-corrected chi connectivity index (χ3v) is 3.91. The number of carbonyl (C=O) groups is 1. The number of aliphatic imine (C=N–C) groups is 1. The molecule has 0 aromatic rings. The molecule has 1 atom stereocenters. The first-order valence-corrected chi connectivity index (χ1v) is 7.42. The summed E-state index contributed by atoms with van der Waals surface area (Å²) < 4.78 is 0. The van der Waals surface area contributed by atoms with E-state index in [4.69, 9.17) is 23.1 Å². The molecule has 1 rings (SSSR count). The van der Waals surface area contributed by atoms with Gasteiger partial charge in [0.05, 0.1) is 0 Å². The second-order valence-electron chi connectivity index (χ2n) is 6.02. The van der Waals surface area contributed by atoms with Gasteiger partial charge < -0.3 is 16.2 Å². The summed E-state index contributed by atoms with van der Waals surface area (Å²) in [6.07, 6.45) is 0. The Bertz CT molecular complexity index is 479. The molecular weight excluding hydrogens is 286 g/mol. The SMILES string of the molecule is C/C(C(=O)O)=C(\C)C1=NC(C)(C(C)C)C(=S)N1.CC(C)N. The molecule has 1 unspecified atom stereocenters. The summed E-state index contributed by atoms with van der Waals surface area (Å²) in [6.45, 7) is 13.2. The van der Waals surface area contributed by atoms with E-state index in [1.807, 2.05) is 34.6 Å². The highest BCUT2D eigenvalue weighted by Crippen LogP contribution is 2.28. The Labute approximate surface area is 132 Å². The van der Waals surface area contributed by atoms with Crippen LogP contribution in [0.5, 0.6) is 0 Å². The molecule has 0 amide bonds. The summed E-state index contributed by atoms with van der Waals surface area (Å²) >= 11 is 5.28. The van der Waals surface area contributed by atoms with Crippen molar-refractivity contribution in [3.05, 3.63) is 11.1 Å². The number of hydrogen-bond donors (Lipinski definition) is 3. The van der Waals surface area contributed by atoms with Crippen molar-refractivity contribution in [2.75, 3.05) is 0 Å². The molecule has 0 aromatic carbocycles. The Balaban J connectivity index is 0.000000885. The van der Waals surface area contributed by atoms with Crippen LogP contribution in [0.15, 0.2) is 16.1 Å². The van der Waals surface area contributed by atoms with Crippen molar-refractivity contribution in [2.24, 2.45) is 16.6 Å². The number of nitrogens with two attached hydrogens (primary N) is 1. The smallest absolute Gasteiger partial charge is 0.331 e. The zero-order valence-electron chi connectivity index (χ0n) is 13.9. The molecule has 6 heteroatoms. The van der Waals surface area contributed by atoms with Crippen LogP contribution in [0.2, 0.25) is 0 Å². The van der Waals surface area contributed by atoms with Crippen molar-refractivity contribution < 1.29 is 9.90 Å². The molecule has 0 fully saturated rings. The number of thiocarbonyl (C=S) groups is 1. The van der Waals surface area contributed by atoms with Gasteiger partial charge in [0, 0.05) is 11.1 Å². The zero-order chi connectivity index (χ0) is 17.0. The number of aliphatic carboxylic acids is 1. The first-order chi connectivity index (χ1) is 9.43. The summed E-state index contributed by atoms with van der Waals surface area (Å²) in [5, 5.41) is 12.0. The summed E-state index contributed by atoms with van der Waals surface area (Å²) in [5.74, 6) is -0.0971. The number of nitrogens with one attached hydrogen (secondary N) is 1. The summed E-state index contributed by atoms with van der Waals surface area (Å²) in [4.78, 5) is 16.1. The largest absolute Gasteiger partial charge is 0.478 e. The number of nitrogens with zero attached hydrogens (tertiary/aromatic N) is 1. The van der Waals surface area contributed by atoms with Gasteiger partial charge in [-0.1, -0.05) is 39.9 Å². The van der Waals surface area contributed by atoms with Gasteiger partial charge in [0.15, 0.2) is 0 Å². The van der Waals surface area contributed by atoms with E-state index in [2.05, 4.69) is 10.3 Å². The molecule has 21 heavy (non-hydrogen) atoms. The van der Waals surface area contributed by atoms with E-state index in [0.717, 1.165) is 0 Å². The van der Waals surface area contributed by atoms with E-state index in [1.165, 1.54) is 0 Å². The second kappa shape index (κ2) is 7.66. The van der Waals surface area contributed by atoms with E-state index >= 15 is 0 Å². The average molecular weight is 313 g/mol. The highest BCUT2D eigenvalue weighted by Gasteiger charge is 2.39. The van der Waals surface area contributed by atoms with Crippen LogP contribution in [0.1, 0.15) is 48.5 Å². The molecule has 1 aliphatic heterocycles. The number of hydrogen-bond acceptors (Lipinski definition) is 4. The van der Waals surface area contributed by atoms with Gasteiger partial charge in [0.25, 0.3) is 0 Å². The molecule has 0 saturated heterocycles. The van der Waals surface area contributed by atoms with Gasteiger partial charge in [0.2, 0.25) is 0 Å². The molecule has 0 aromatic heterocycles. The minimum absolute atomic E-state index is 0.262. The van der Waals surface area contributed by atoms with Gasteiger partial charge in [-0.3, -0.25) is 4.99 Å². The van der Waals surface area contributed by atoms with Gasteiger partial charge in [-0.05, 0) is 32.7 Å². The quantitative estimate of drug-likeness (QED) is 0.550. The number of carboxylic acids is 1. The maximum absolute atomic E-state index is 10.9. The van der Waals surface area contributed by atoms with E-state index in [0.29, 0.717) is 22.4 Å². The van der Waals surface area contributed by atoms with E-state index in [9.17, 15) is 4.79 Å². The first kappa shape index (κ1) is 19.7. The Morgan fingerprint density at radius 3 is 2.05 bits per heavy atom. The lowest BCUT2D eigenvalue weighted by atomic mass is 9.90. The molecule has 1 aliphatic rings. The molecule has 120 valence electrons. The van der Waals surface area contributed by atoms with Crippen molar-refractivity contribution >= 4 is 29.0 Å². The Morgan fingerprint density at radius 2 is 1.76 bits per heavy atom. The molecular formula is C15H27N3O2S. The normalized spacial score (nSPS) is 22.4. The monoisotopic (exact) mass is 313 g/mol. The Hall–Kier alpha value is -1.27. The fourth-order valence-electron chi connectivity index (χ4n) is 1.45. The standard InChI is InChI=1S/C12H18N2O2S.C3H9N/c1-6(2)12(5)11(17)13-9(14-12)7(3)8(4)10(15)16;1-3(2)4/h6H,1-5H3,(H,15,16)(H,13,14,17);3H,4H2,1-2H3/b8-7-;. The number of rotatable bonds is 3. The van der Waals surface area contributed by atoms with Crippen molar-refractivity contribution in [1.82, 2.24) is 5.32 Å². The van der Waals surface area contributed by atoms with Gasteiger partial charge in [-0.15, -0.1) is 0 Å². The third kappa shape index (κ3) is 5.21. The van der Waals surface area contributed by atoms with Gasteiger partial charge in [0.1, 0.15) is 16.4 Å². The van der Waals surface area contributed by atoms with Gasteiger partial charge in [-0.2, -0.15) is 0 Å². The lowest BCUT2D eigenvalue weighted by Crippen LogP contribution is -2.39. The van der Waals surface area contributed by atoms with E-state index < -0.39 is 11.5 Å². The third-order valence-electron chi connectivity index (χ3n) is 3.40. The van der Waals surface area contributed by atoms with Crippen LogP contribution in [-0.4, -0.2) is 33.5 Å². The van der Waals surface area contributed by atoms with Gasteiger partial charge in [-0.25, -0.2) is 4.79 Å². The molecule has 0 spiro atoms. The lowest BCUT2D eigenvalue weighted by molar-refractivity contribution is -0.132. The van der Waals surface area contributed by atoms with Crippen LogP contribution in [0.4, 0.5) is 0 Å². The highest BCUT2D eigenvalue weighted by molar-refractivity contribution is 7.80. The lowest BCUT2D eigenvalue weighted by Gasteiger charge is -2.24. The van der Waals surface area contributed by atoms with Crippen molar-refractivity contribution in [3.8, 4) is 0 Å². The van der Waals surface area contributed by atoms with Crippen LogP contribution in [-0.2, 0) is 4.79 Å². The fraction of sp³-hybridized carbons (Fsp3) is 0.667. The Morgan fingerprint density at radius 1 is 1.33 bits per heavy atom. The fourth-order valence-corrected chi connectivity index (χ4v) is 1.83. The van der Waals surface area contributed by atoms with E-state index in [1.54, 1.807) is 13.8 Å². The molecule has 0 bridgehead atoms. The Kier molecular flexibility index (Phi) is 7.19. The minimum Gasteiger partial charge on any atom is -0.478 e. The van der Waals surface area contributed by atoms with Crippen LogP contribution in [0.25, 0.3) is 0 Å². The highest BCUT2D eigenvalue weighted by atomic mass is 32.1.